The van der Waals surface area contributed by atoms with Crippen LogP contribution in [0.5, 0.6) is 0 Å². The van der Waals surface area contributed by atoms with Gasteiger partial charge in [0.05, 0.1) is 5.52 Å². The molecule has 0 saturated carbocycles. The van der Waals surface area contributed by atoms with Crippen molar-refractivity contribution in [3.05, 3.63) is 24.3 Å². The lowest BCUT2D eigenvalue weighted by Gasteiger charge is -2.32. The van der Waals surface area contributed by atoms with Crippen molar-refractivity contribution < 1.29 is 0 Å². The molecule has 128 valence electrons. The highest BCUT2D eigenvalue weighted by Crippen LogP contribution is 2.29. The van der Waals surface area contributed by atoms with Gasteiger partial charge in [0.15, 0.2) is 0 Å². The van der Waals surface area contributed by atoms with Gasteiger partial charge in [-0.2, -0.15) is 4.98 Å². The lowest BCUT2D eigenvalue weighted by atomic mass is 10.0. The van der Waals surface area contributed by atoms with Crippen LogP contribution in [0.15, 0.2) is 24.3 Å². The zero-order valence-electron chi connectivity index (χ0n) is 14.7. The summed E-state index contributed by atoms with van der Waals surface area (Å²) in [4.78, 5) is 14.9. The van der Waals surface area contributed by atoms with E-state index in [1.54, 1.807) is 0 Å². The fraction of sp³-hybridized carbons (Fsp3) is 0.600. The molecule has 0 spiro atoms. The number of benzene rings is 1. The average Bonchev–Trinajstić information content (AvgIpc) is 2.90. The maximum absolute atomic E-state index is 5.07. The van der Waals surface area contributed by atoms with E-state index in [9.17, 15) is 0 Å². The summed E-state index contributed by atoms with van der Waals surface area (Å²) in [6.07, 6.45) is 7.80. The fourth-order valence-electron chi connectivity index (χ4n) is 4.08. The standard InChI is InChI=1S/C20H28N4/c1-16-9-8-14-24(15-16)20-21-18-11-5-4-10-17(18)19(22-20)23-12-6-2-3-7-13-23/h4-5,10-11,16H,2-3,6-9,12-15H2,1H3/t16-/m1/s1. The molecule has 0 radical (unpaired) electrons. The second kappa shape index (κ2) is 6.96. The molecule has 2 aromatic rings. The molecular formula is C20H28N4. The van der Waals surface area contributed by atoms with Gasteiger partial charge in [-0.25, -0.2) is 4.98 Å². The maximum atomic E-state index is 5.07. The molecule has 24 heavy (non-hydrogen) atoms. The highest BCUT2D eigenvalue weighted by Gasteiger charge is 2.22. The molecule has 3 heterocycles. The summed E-state index contributed by atoms with van der Waals surface area (Å²) in [6, 6.07) is 8.51. The van der Waals surface area contributed by atoms with Gasteiger partial charge in [-0.3, -0.25) is 0 Å². The lowest BCUT2D eigenvalue weighted by Crippen LogP contribution is -2.36. The number of para-hydroxylation sites is 1. The Morgan fingerprint density at radius 3 is 2.42 bits per heavy atom. The Balaban J connectivity index is 1.75. The van der Waals surface area contributed by atoms with E-state index < -0.39 is 0 Å². The molecule has 2 fully saturated rings. The second-order valence-corrected chi connectivity index (χ2v) is 7.46. The van der Waals surface area contributed by atoms with E-state index in [0.29, 0.717) is 0 Å². The zero-order valence-corrected chi connectivity index (χ0v) is 14.7. The minimum absolute atomic E-state index is 0.732. The summed E-state index contributed by atoms with van der Waals surface area (Å²) in [5.41, 5.74) is 1.08. The number of hydrogen-bond acceptors (Lipinski definition) is 4. The van der Waals surface area contributed by atoms with Gasteiger partial charge in [0.25, 0.3) is 0 Å². The van der Waals surface area contributed by atoms with Crippen LogP contribution in [0.2, 0.25) is 0 Å². The number of piperidine rings is 1. The minimum Gasteiger partial charge on any atom is -0.356 e. The number of anilines is 2. The van der Waals surface area contributed by atoms with Crippen LogP contribution in [0.3, 0.4) is 0 Å². The Labute approximate surface area is 144 Å². The normalized spacial score (nSPS) is 22.6. The summed E-state index contributed by atoms with van der Waals surface area (Å²) in [5.74, 6) is 2.81. The molecule has 2 saturated heterocycles. The van der Waals surface area contributed by atoms with Crippen LogP contribution < -0.4 is 9.80 Å². The monoisotopic (exact) mass is 324 g/mol. The van der Waals surface area contributed by atoms with Crippen molar-refractivity contribution in [1.29, 1.82) is 0 Å². The van der Waals surface area contributed by atoms with E-state index >= 15 is 0 Å². The predicted molar refractivity (Wildman–Crippen MR) is 101 cm³/mol. The van der Waals surface area contributed by atoms with E-state index in [0.717, 1.165) is 49.4 Å². The highest BCUT2D eigenvalue weighted by atomic mass is 15.3. The molecule has 4 rings (SSSR count). The van der Waals surface area contributed by atoms with E-state index in [4.69, 9.17) is 9.97 Å². The molecule has 0 aliphatic carbocycles. The third-order valence-electron chi connectivity index (χ3n) is 5.42. The van der Waals surface area contributed by atoms with Crippen LogP contribution in [0.25, 0.3) is 10.9 Å². The Kier molecular flexibility index (Phi) is 4.54. The first-order valence-corrected chi connectivity index (χ1v) is 9.58. The summed E-state index contributed by atoms with van der Waals surface area (Å²) in [6.45, 7) is 6.75. The lowest BCUT2D eigenvalue weighted by molar-refractivity contribution is 0.442. The summed E-state index contributed by atoms with van der Waals surface area (Å²) in [7, 11) is 0. The SMILES string of the molecule is C[C@@H]1CCCN(c2nc(N3CCCCCC3)c3ccccc3n2)C1. The average molecular weight is 324 g/mol. The van der Waals surface area contributed by atoms with E-state index in [-0.39, 0.29) is 0 Å². The molecule has 0 unspecified atom stereocenters. The molecule has 4 heteroatoms. The first kappa shape index (κ1) is 15.7. The molecule has 0 bridgehead atoms. The van der Waals surface area contributed by atoms with Crippen LogP contribution in [0.1, 0.15) is 45.4 Å². The van der Waals surface area contributed by atoms with Gasteiger partial charge in [0, 0.05) is 31.6 Å². The molecule has 4 nitrogen and oxygen atoms in total. The van der Waals surface area contributed by atoms with Crippen molar-refractivity contribution in [2.45, 2.75) is 45.4 Å². The molecule has 2 aliphatic rings. The molecule has 1 aromatic carbocycles. The topological polar surface area (TPSA) is 32.3 Å². The molecule has 0 amide bonds. The van der Waals surface area contributed by atoms with E-state index in [1.165, 1.54) is 43.9 Å². The summed E-state index contributed by atoms with van der Waals surface area (Å²) < 4.78 is 0. The molecule has 2 aliphatic heterocycles. The van der Waals surface area contributed by atoms with Gasteiger partial charge in [0.1, 0.15) is 5.82 Å². The summed E-state index contributed by atoms with van der Waals surface area (Å²) in [5, 5.41) is 1.20. The quantitative estimate of drug-likeness (QED) is 0.827. The largest absolute Gasteiger partial charge is 0.356 e. The third kappa shape index (κ3) is 3.19. The number of fused-ring (bicyclic) bond motifs is 1. The Morgan fingerprint density at radius 2 is 1.62 bits per heavy atom. The van der Waals surface area contributed by atoms with Crippen molar-refractivity contribution in [3.8, 4) is 0 Å². The minimum atomic E-state index is 0.732. The molecular weight excluding hydrogens is 296 g/mol. The maximum Gasteiger partial charge on any atom is 0.227 e. The van der Waals surface area contributed by atoms with Crippen LogP contribution in [0.4, 0.5) is 11.8 Å². The Bertz CT molecular complexity index is 691. The predicted octanol–water partition coefficient (Wildman–Crippen LogP) is 4.25. The fourth-order valence-corrected chi connectivity index (χ4v) is 4.08. The van der Waals surface area contributed by atoms with Crippen LogP contribution >= 0.6 is 0 Å². The second-order valence-electron chi connectivity index (χ2n) is 7.46. The van der Waals surface area contributed by atoms with Crippen LogP contribution in [-0.2, 0) is 0 Å². The Morgan fingerprint density at radius 1 is 0.875 bits per heavy atom. The first-order chi connectivity index (χ1) is 11.8. The molecule has 1 atom stereocenters. The third-order valence-corrected chi connectivity index (χ3v) is 5.42. The van der Waals surface area contributed by atoms with Gasteiger partial charge in [-0.15, -0.1) is 0 Å². The van der Waals surface area contributed by atoms with Gasteiger partial charge in [0.2, 0.25) is 5.95 Å². The van der Waals surface area contributed by atoms with Crippen molar-refractivity contribution in [3.63, 3.8) is 0 Å². The van der Waals surface area contributed by atoms with Crippen molar-refractivity contribution in [1.82, 2.24) is 9.97 Å². The van der Waals surface area contributed by atoms with Gasteiger partial charge in [-0.05, 0) is 43.7 Å². The van der Waals surface area contributed by atoms with E-state index in [2.05, 4.69) is 41.0 Å². The summed E-state index contributed by atoms with van der Waals surface area (Å²) >= 11 is 0. The smallest absolute Gasteiger partial charge is 0.227 e. The molecule has 0 N–H and O–H groups in total. The van der Waals surface area contributed by atoms with Gasteiger partial charge >= 0.3 is 0 Å². The highest BCUT2D eigenvalue weighted by molar-refractivity contribution is 5.90. The van der Waals surface area contributed by atoms with Crippen molar-refractivity contribution in [2.24, 2.45) is 5.92 Å². The number of nitrogens with zero attached hydrogens (tertiary/aromatic N) is 4. The number of aromatic nitrogens is 2. The van der Waals surface area contributed by atoms with E-state index in [1.807, 2.05) is 0 Å². The van der Waals surface area contributed by atoms with Crippen molar-refractivity contribution >= 4 is 22.7 Å². The van der Waals surface area contributed by atoms with Crippen molar-refractivity contribution in [2.75, 3.05) is 36.0 Å². The van der Waals surface area contributed by atoms with Crippen LogP contribution in [-0.4, -0.2) is 36.1 Å². The van der Waals surface area contributed by atoms with Gasteiger partial charge in [-0.1, -0.05) is 31.9 Å². The first-order valence-electron chi connectivity index (χ1n) is 9.58. The molecule has 1 aromatic heterocycles. The number of rotatable bonds is 2. The zero-order chi connectivity index (χ0) is 16.4. The van der Waals surface area contributed by atoms with Gasteiger partial charge < -0.3 is 9.80 Å². The Hall–Kier alpha value is -1.84. The number of hydrogen-bond donors (Lipinski definition) is 0. The van der Waals surface area contributed by atoms with Crippen LogP contribution in [0, 0.1) is 5.92 Å².